The molecule has 116 valence electrons. The second kappa shape index (κ2) is 8.01. The number of carbonyl (C=O) groups is 1. The summed E-state index contributed by atoms with van der Waals surface area (Å²) >= 11 is 1.64. The molecular weight excluding hydrogens is 294 g/mol. The molecule has 0 aliphatic rings. The molecule has 0 spiro atoms. The summed E-state index contributed by atoms with van der Waals surface area (Å²) < 4.78 is 0. The molecule has 22 heavy (non-hydrogen) atoms. The van der Waals surface area contributed by atoms with E-state index in [9.17, 15) is 9.90 Å². The van der Waals surface area contributed by atoms with Crippen molar-refractivity contribution < 1.29 is 9.90 Å². The topological polar surface area (TPSA) is 49.3 Å². The minimum atomic E-state index is -0.614. The molecule has 0 saturated heterocycles. The van der Waals surface area contributed by atoms with Gasteiger partial charge in [0.05, 0.1) is 12.1 Å². The molecule has 0 bridgehead atoms. The highest BCUT2D eigenvalue weighted by Crippen LogP contribution is 2.15. The van der Waals surface area contributed by atoms with Crippen LogP contribution in [0.2, 0.25) is 0 Å². The number of rotatable bonds is 6. The van der Waals surface area contributed by atoms with Crippen LogP contribution in [0, 0.1) is 0 Å². The van der Waals surface area contributed by atoms with Crippen molar-refractivity contribution in [1.82, 2.24) is 5.32 Å². The highest BCUT2D eigenvalue weighted by molar-refractivity contribution is 7.98. The Hall–Kier alpha value is -1.78. The first-order chi connectivity index (χ1) is 10.6. The maximum Gasteiger partial charge on any atom is 0.251 e. The lowest BCUT2D eigenvalue weighted by molar-refractivity contribution is 0.0852. The molecule has 2 aromatic carbocycles. The second-order valence-corrected chi connectivity index (χ2v) is 6.13. The summed E-state index contributed by atoms with van der Waals surface area (Å²) in [5.41, 5.74) is 1.66. The Morgan fingerprint density at radius 2 is 1.77 bits per heavy atom. The van der Waals surface area contributed by atoms with Crippen LogP contribution in [-0.4, -0.2) is 29.4 Å². The summed E-state index contributed by atoms with van der Waals surface area (Å²) in [5, 5.41) is 13.1. The van der Waals surface area contributed by atoms with Gasteiger partial charge in [-0.3, -0.25) is 4.79 Å². The summed E-state index contributed by atoms with van der Waals surface area (Å²) in [4.78, 5) is 13.3. The molecule has 4 heteroatoms. The van der Waals surface area contributed by atoms with Crippen molar-refractivity contribution in [1.29, 1.82) is 0 Å². The van der Waals surface area contributed by atoms with E-state index in [1.54, 1.807) is 23.9 Å². The Labute approximate surface area is 135 Å². The maximum absolute atomic E-state index is 12.2. The summed E-state index contributed by atoms with van der Waals surface area (Å²) in [7, 11) is 0. The number of amides is 1. The van der Waals surface area contributed by atoms with Crippen molar-refractivity contribution in [2.24, 2.45) is 0 Å². The fraction of sp³-hybridized carbons (Fsp3) is 0.278. The van der Waals surface area contributed by atoms with Gasteiger partial charge in [0.1, 0.15) is 0 Å². The molecule has 1 amide bonds. The Morgan fingerprint density at radius 3 is 2.36 bits per heavy atom. The molecule has 0 saturated carbocycles. The molecule has 2 aromatic rings. The molecule has 2 N–H and O–H groups in total. The summed E-state index contributed by atoms with van der Waals surface area (Å²) in [6.07, 6.45) is 1.90. The van der Waals surface area contributed by atoms with Crippen LogP contribution in [0.1, 0.15) is 22.8 Å². The largest absolute Gasteiger partial charge is 0.391 e. The van der Waals surface area contributed by atoms with E-state index in [1.807, 2.05) is 55.6 Å². The van der Waals surface area contributed by atoms with E-state index in [0.29, 0.717) is 12.0 Å². The van der Waals surface area contributed by atoms with Crippen LogP contribution in [0.5, 0.6) is 0 Å². The van der Waals surface area contributed by atoms with Crippen molar-refractivity contribution in [3.63, 3.8) is 0 Å². The van der Waals surface area contributed by atoms with E-state index in [1.165, 1.54) is 0 Å². The Balaban J connectivity index is 1.92. The van der Waals surface area contributed by atoms with Gasteiger partial charge < -0.3 is 10.4 Å². The monoisotopic (exact) mass is 315 g/mol. The van der Waals surface area contributed by atoms with E-state index in [2.05, 4.69) is 5.32 Å². The Bertz CT molecular complexity index is 598. The third-order valence-corrected chi connectivity index (χ3v) is 4.32. The number of nitrogens with one attached hydrogen (secondary N) is 1. The van der Waals surface area contributed by atoms with Gasteiger partial charge in [0.25, 0.3) is 5.91 Å². The third kappa shape index (κ3) is 4.61. The van der Waals surface area contributed by atoms with E-state index in [4.69, 9.17) is 0 Å². The summed E-state index contributed by atoms with van der Waals surface area (Å²) in [6.45, 7) is 1.82. The molecule has 3 nitrogen and oxygen atoms in total. The lowest BCUT2D eigenvalue weighted by atomic mass is 10.0. The first-order valence-electron chi connectivity index (χ1n) is 7.27. The zero-order chi connectivity index (χ0) is 15.9. The van der Waals surface area contributed by atoms with Gasteiger partial charge >= 0.3 is 0 Å². The normalized spacial score (nSPS) is 13.4. The number of benzene rings is 2. The van der Waals surface area contributed by atoms with Gasteiger partial charge in [0.2, 0.25) is 0 Å². The van der Waals surface area contributed by atoms with Gasteiger partial charge in [0, 0.05) is 16.9 Å². The van der Waals surface area contributed by atoms with Gasteiger partial charge in [-0.25, -0.2) is 0 Å². The summed E-state index contributed by atoms with van der Waals surface area (Å²) in [6, 6.07) is 16.9. The average Bonchev–Trinajstić information content (AvgIpc) is 2.55. The standard InChI is InChI=1S/C18H21NO2S/c1-13(17(20)12-14-6-4-3-5-7-14)19-18(21)15-8-10-16(22-2)11-9-15/h3-11,13,17,20H,12H2,1-2H3,(H,19,21). The lowest BCUT2D eigenvalue weighted by Gasteiger charge is -2.20. The average molecular weight is 315 g/mol. The van der Waals surface area contributed by atoms with Crippen LogP contribution in [0.4, 0.5) is 0 Å². The van der Waals surface area contributed by atoms with Crippen LogP contribution in [-0.2, 0) is 6.42 Å². The van der Waals surface area contributed by atoms with E-state index in [0.717, 1.165) is 10.5 Å². The zero-order valence-corrected chi connectivity index (χ0v) is 13.6. The zero-order valence-electron chi connectivity index (χ0n) is 12.8. The van der Waals surface area contributed by atoms with Crippen molar-refractivity contribution in [3.05, 3.63) is 65.7 Å². The number of carbonyl (C=O) groups excluding carboxylic acids is 1. The van der Waals surface area contributed by atoms with E-state index < -0.39 is 6.10 Å². The molecule has 0 aliphatic heterocycles. The molecule has 2 rings (SSSR count). The molecule has 0 aromatic heterocycles. The van der Waals surface area contributed by atoms with Crippen molar-refractivity contribution in [3.8, 4) is 0 Å². The predicted molar refractivity (Wildman–Crippen MR) is 91.3 cm³/mol. The van der Waals surface area contributed by atoms with Crippen LogP contribution in [0.3, 0.4) is 0 Å². The van der Waals surface area contributed by atoms with Crippen molar-refractivity contribution in [2.45, 2.75) is 30.4 Å². The fourth-order valence-electron chi connectivity index (χ4n) is 2.16. The lowest BCUT2D eigenvalue weighted by Crippen LogP contribution is -2.42. The molecule has 0 fully saturated rings. The number of hydrogen-bond acceptors (Lipinski definition) is 3. The van der Waals surface area contributed by atoms with Gasteiger partial charge in [-0.1, -0.05) is 30.3 Å². The molecule has 2 unspecified atom stereocenters. The quantitative estimate of drug-likeness (QED) is 0.805. The third-order valence-electron chi connectivity index (χ3n) is 3.58. The fourth-order valence-corrected chi connectivity index (χ4v) is 2.57. The van der Waals surface area contributed by atoms with Crippen molar-refractivity contribution in [2.75, 3.05) is 6.26 Å². The van der Waals surface area contributed by atoms with E-state index >= 15 is 0 Å². The Kier molecular flexibility index (Phi) is 6.04. The van der Waals surface area contributed by atoms with Crippen LogP contribution in [0.15, 0.2) is 59.5 Å². The summed E-state index contributed by atoms with van der Waals surface area (Å²) in [5.74, 6) is -0.160. The molecule has 2 atom stereocenters. The molecular formula is C18H21NO2S. The number of aliphatic hydroxyl groups excluding tert-OH is 1. The molecule has 0 aliphatic carbocycles. The SMILES string of the molecule is CSc1ccc(C(=O)NC(C)C(O)Cc2ccccc2)cc1. The molecule has 0 radical (unpaired) electrons. The first kappa shape index (κ1) is 16.6. The van der Waals surface area contributed by atoms with Gasteiger partial charge in [-0.2, -0.15) is 0 Å². The molecule has 0 heterocycles. The minimum absolute atomic E-state index is 0.160. The highest BCUT2D eigenvalue weighted by atomic mass is 32.2. The number of aliphatic hydroxyl groups is 1. The maximum atomic E-state index is 12.2. The van der Waals surface area contributed by atoms with Crippen LogP contribution >= 0.6 is 11.8 Å². The highest BCUT2D eigenvalue weighted by Gasteiger charge is 2.17. The van der Waals surface area contributed by atoms with E-state index in [-0.39, 0.29) is 11.9 Å². The first-order valence-corrected chi connectivity index (χ1v) is 8.49. The second-order valence-electron chi connectivity index (χ2n) is 5.25. The van der Waals surface area contributed by atoms with Gasteiger partial charge in [-0.05, 0) is 43.0 Å². The minimum Gasteiger partial charge on any atom is -0.391 e. The van der Waals surface area contributed by atoms with Gasteiger partial charge in [-0.15, -0.1) is 11.8 Å². The number of thioether (sulfide) groups is 1. The number of hydrogen-bond donors (Lipinski definition) is 2. The smallest absolute Gasteiger partial charge is 0.251 e. The Morgan fingerprint density at radius 1 is 1.14 bits per heavy atom. The van der Waals surface area contributed by atoms with Gasteiger partial charge in [0.15, 0.2) is 0 Å². The van der Waals surface area contributed by atoms with Crippen LogP contribution < -0.4 is 5.32 Å². The van der Waals surface area contributed by atoms with Crippen LogP contribution in [0.25, 0.3) is 0 Å². The van der Waals surface area contributed by atoms with Crippen molar-refractivity contribution >= 4 is 17.7 Å². The predicted octanol–water partition coefficient (Wildman–Crippen LogP) is 3.13.